The van der Waals surface area contributed by atoms with Crippen LogP contribution in [0.2, 0.25) is 0 Å². The Bertz CT molecular complexity index is 2900. The Kier molecular flexibility index (Phi) is 8.63. The molecule has 0 saturated carbocycles. The summed E-state index contributed by atoms with van der Waals surface area (Å²) in [5, 5.41) is 5.01. The van der Waals surface area contributed by atoms with Crippen molar-refractivity contribution in [2.45, 2.75) is 0 Å². The highest BCUT2D eigenvalue weighted by molar-refractivity contribution is 6.22. The van der Waals surface area contributed by atoms with Gasteiger partial charge in [-0.3, -0.25) is 0 Å². The molecule has 0 spiro atoms. The predicted octanol–water partition coefficient (Wildman–Crippen LogP) is 15.7. The molecular weight excluding hydrogens is 673 g/mol. The van der Waals surface area contributed by atoms with Gasteiger partial charge in [0.25, 0.3) is 0 Å². The van der Waals surface area contributed by atoms with Crippen molar-refractivity contribution in [2.24, 2.45) is 0 Å². The molecule has 262 valence electrons. The van der Waals surface area contributed by atoms with Crippen LogP contribution in [0.1, 0.15) is 0 Å². The normalized spacial score (nSPS) is 11.2. The number of fused-ring (bicyclic) bond motifs is 2. The van der Waals surface area contributed by atoms with Crippen LogP contribution in [0.3, 0.4) is 0 Å². The first-order chi connectivity index (χ1) is 27.8. The average molecular weight is 711 g/mol. The summed E-state index contributed by atoms with van der Waals surface area (Å²) < 4.78 is 0. The minimum Gasteiger partial charge on any atom is -0.0622 e. The molecule has 10 aromatic carbocycles. The minimum absolute atomic E-state index is 1.20. The molecule has 0 unspecified atom stereocenters. The lowest BCUT2D eigenvalue weighted by Gasteiger charge is -2.20. The minimum atomic E-state index is 1.20. The smallest absolute Gasteiger partial charge is 0.00201 e. The van der Waals surface area contributed by atoms with Crippen LogP contribution in [0.25, 0.3) is 99.4 Å². The zero-order valence-corrected chi connectivity index (χ0v) is 30.9. The molecule has 10 aromatic rings. The fourth-order valence-electron chi connectivity index (χ4n) is 8.43. The molecule has 0 atom stereocenters. The van der Waals surface area contributed by atoms with Crippen molar-refractivity contribution in [3.63, 3.8) is 0 Å². The number of hydrogen-bond acceptors (Lipinski definition) is 0. The second-order valence-electron chi connectivity index (χ2n) is 14.4. The van der Waals surface area contributed by atoms with Crippen molar-refractivity contribution in [1.82, 2.24) is 0 Å². The first kappa shape index (κ1) is 33.3. The van der Waals surface area contributed by atoms with Crippen molar-refractivity contribution < 1.29 is 0 Å². The summed E-state index contributed by atoms with van der Waals surface area (Å²) in [6.45, 7) is 0. The molecule has 0 fully saturated rings. The largest absolute Gasteiger partial charge is 0.0622 e. The lowest BCUT2D eigenvalue weighted by molar-refractivity contribution is 1.57. The van der Waals surface area contributed by atoms with E-state index in [-0.39, 0.29) is 0 Å². The van der Waals surface area contributed by atoms with Crippen LogP contribution in [0.4, 0.5) is 0 Å². The topological polar surface area (TPSA) is 0 Å². The van der Waals surface area contributed by atoms with Gasteiger partial charge >= 0.3 is 0 Å². The Balaban J connectivity index is 1.06. The van der Waals surface area contributed by atoms with E-state index in [1.807, 2.05) is 0 Å². The molecule has 0 heteroatoms. The number of benzene rings is 10. The maximum Gasteiger partial charge on any atom is -0.00201 e. The molecule has 10 rings (SSSR count). The molecule has 0 aliphatic heterocycles. The van der Waals surface area contributed by atoms with Gasteiger partial charge in [0.2, 0.25) is 0 Å². The second kappa shape index (κ2) is 14.5. The van der Waals surface area contributed by atoms with Crippen LogP contribution < -0.4 is 0 Å². The van der Waals surface area contributed by atoms with E-state index >= 15 is 0 Å². The number of hydrogen-bond donors (Lipinski definition) is 0. The Morgan fingerprint density at radius 1 is 0.143 bits per heavy atom. The maximum atomic E-state index is 2.31. The van der Waals surface area contributed by atoms with Gasteiger partial charge in [0, 0.05) is 0 Å². The van der Waals surface area contributed by atoms with E-state index in [9.17, 15) is 0 Å². The molecule has 0 amide bonds. The summed E-state index contributed by atoms with van der Waals surface area (Å²) in [5.41, 5.74) is 17.2. The highest BCUT2D eigenvalue weighted by atomic mass is 14.2. The summed E-state index contributed by atoms with van der Waals surface area (Å²) in [5.74, 6) is 0. The Labute approximate surface area is 328 Å². The fraction of sp³-hybridized carbons (Fsp3) is 0. The molecule has 56 heavy (non-hydrogen) atoms. The van der Waals surface area contributed by atoms with Crippen molar-refractivity contribution in [1.29, 1.82) is 0 Å². The zero-order valence-electron chi connectivity index (χ0n) is 30.9. The molecule has 0 bridgehead atoms. The van der Waals surface area contributed by atoms with Crippen molar-refractivity contribution in [3.8, 4) is 77.9 Å². The van der Waals surface area contributed by atoms with Gasteiger partial charge < -0.3 is 0 Å². The molecule has 0 aromatic heterocycles. The molecule has 0 N–H and O–H groups in total. The molecule has 0 aliphatic carbocycles. The van der Waals surface area contributed by atoms with Gasteiger partial charge in [-0.1, -0.05) is 231 Å². The zero-order chi connectivity index (χ0) is 37.3. The van der Waals surface area contributed by atoms with E-state index in [4.69, 9.17) is 0 Å². The van der Waals surface area contributed by atoms with Crippen molar-refractivity contribution in [3.05, 3.63) is 231 Å². The van der Waals surface area contributed by atoms with E-state index < -0.39 is 0 Å². The van der Waals surface area contributed by atoms with Crippen LogP contribution in [0.15, 0.2) is 231 Å². The third kappa shape index (κ3) is 6.08. The third-order valence-electron chi connectivity index (χ3n) is 11.1. The fourth-order valence-corrected chi connectivity index (χ4v) is 8.43. The van der Waals surface area contributed by atoms with E-state index in [0.29, 0.717) is 0 Å². The second-order valence-corrected chi connectivity index (χ2v) is 14.4. The van der Waals surface area contributed by atoms with E-state index in [1.54, 1.807) is 0 Å². The van der Waals surface area contributed by atoms with Gasteiger partial charge in [0.15, 0.2) is 0 Å². The van der Waals surface area contributed by atoms with Gasteiger partial charge in [0.1, 0.15) is 0 Å². The van der Waals surface area contributed by atoms with Crippen LogP contribution in [0, 0.1) is 0 Å². The molecular formula is C56H38. The quantitative estimate of drug-likeness (QED) is 0.144. The van der Waals surface area contributed by atoms with Crippen LogP contribution >= 0.6 is 0 Å². The van der Waals surface area contributed by atoms with Crippen molar-refractivity contribution >= 4 is 21.5 Å². The van der Waals surface area contributed by atoms with E-state index in [0.717, 1.165) is 0 Å². The molecule has 0 nitrogen and oxygen atoms in total. The maximum absolute atomic E-state index is 2.31. The van der Waals surface area contributed by atoms with Crippen LogP contribution in [0.5, 0.6) is 0 Å². The highest BCUT2D eigenvalue weighted by Gasteiger charge is 2.19. The number of rotatable bonds is 7. The van der Waals surface area contributed by atoms with Gasteiger partial charge in [-0.2, -0.15) is 0 Å². The van der Waals surface area contributed by atoms with Crippen molar-refractivity contribution in [2.75, 3.05) is 0 Å². The lowest BCUT2D eigenvalue weighted by Crippen LogP contribution is -1.93. The van der Waals surface area contributed by atoms with Gasteiger partial charge in [-0.15, -0.1) is 0 Å². The van der Waals surface area contributed by atoms with Gasteiger partial charge in [0.05, 0.1) is 0 Å². The molecule has 0 saturated heterocycles. The van der Waals surface area contributed by atoms with Gasteiger partial charge in [-0.25, -0.2) is 0 Å². The average Bonchev–Trinajstić information content (AvgIpc) is 3.29. The SMILES string of the molecule is c1ccc(-c2ccc(-c3ccccc3-c3ccc(-c4c5ccccc5c(-c5ccccc5-c5ccc(-c6ccccc6)cc5)c5ccccc45)cc3)cc2)cc1. The monoisotopic (exact) mass is 710 g/mol. The standard InChI is InChI=1S/C56H38/c1-3-15-39(16-4-1)41-27-31-43(32-28-41)47-19-7-8-20-48(47)44-35-37-46(38-36-44)55-51-23-11-13-25-53(51)56(54-26-14-12-24-52(54)55)50-22-10-9-21-49(50)45-33-29-42(30-34-45)40-17-5-2-6-18-40/h1-38H. The first-order valence-corrected chi connectivity index (χ1v) is 19.3. The Morgan fingerprint density at radius 3 is 0.786 bits per heavy atom. The summed E-state index contributed by atoms with van der Waals surface area (Å²) in [6, 6.07) is 83.8. The summed E-state index contributed by atoms with van der Waals surface area (Å²) in [4.78, 5) is 0. The molecule has 0 heterocycles. The summed E-state index contributed by atoms with van der Waals surface area (Å²) in [6.07, 6.45) is 0. The Hall–Kier alpha value is -7.28. The van der Waals surface area contributed by atoms with Crippen LogP contribution in [-0.2, 0) is 0 Å². The van der Waals surface area contributed by atoms with E-state index in [2.05, 4.69) is 231 Å². The van der Waals surface area contributed by atoms with Crippen LogP contribution in [-0.4, -0.2) is 0 Å². The molecule has 0 aliphatic rings. The summed E-state index contributed by atoms with van der Waals surface area (Å²) >= 11 is 0. The van der Waals surface area contributed by atoms with Gasteiger partial charge in [-0.05, 0) is 99.4 Å². The summed E-state index contributed by atoms with van der Waals surface area (Å²) in [7, 11) is 0. The predicted molar refractivity (Wildman–Crippen MR) is 240 cm³/mol. The Morgan fingerprint density at radius 2 is 0.393 bits per heavy atom. The van der Waals surface area contributed by atoms with E-state index in [1.165, 1.54) is 99.4 Å². The lowest BCUT2D eigenvalue weighted by atomic mass is 9.83. The highest BCUT2D eigenvalue weighted by Crippen LogP contribution is 2.46. The first-order valence-electron chi connectivity index (χ1n) is 19.3. The third-order valence-corrected chi connectivity index (χ3v) is 11.1. The molecule has 0 radical (unpaired) electrons.